The van der Waals surface area contributed by atoms with Crippen LogP contribution in [0.15, 0.2) is 18.2 Å². The topological polar surface area (TPSA) is 29.3 Å². The van der Waals surface area contributed by atoms with Crippen LogP contribution in [0.25, 0.3) is 0 Å². The van der Waals surface area contributed by atoms with E-state index in [1.807, 2.05) is 0 Å². The van der Waals surface area contributed by atoms with E-state index in [-0.39, 0.29) is 0 Å². The van der Waals surface area contributed by atoms with Gasteiger partial charge in [0.2, 0.25) is 0 Å². The Bertz CT molecular complexity index is 435. The molecular weight excluding hydrogens is 244 g/mol. The van der Waals surface area contributed by atoms with Gasteiger partial charge in [-0.05, 0) is 56.7 Å². The molecule has 0 saturated heterocycles. The van der Waals surface area contributed by atoms with Gasteiger partial charge < -0.3 is 5.73 Å². The zero-order chi connectivity index (χ0) is 14.7. The van der Waals surface area contributed by atoms with Crippen LogP contribution in [0.5, 0.6) is 0 Å². The van der Waals surface area contributed by atoms with E-state index < -0.39 is 0 Å². The first-order chi connectivity index (χ1) is 9.52. The summed E-state index contributed by atoms with van der Waals surface area (Å²) in [7, 11) is 0. The van der Waals surface area contributed by atoms with E-state index in [0.29, 0.717) is 6.04 Å². The molecule has 2 rings (SSSR count). The average Bonchev–Trinajstić information content (AvgIpc) is 3.19. The van der Waals surface area contributed by atoms with E-state index in [4.69, 9.17) is 5.73 Å². The molecule has 1 aliphatic carbocycles. The van der Waals surface area contributed by atoms with E-state index in [9.17, 15) is 0 Å². The molecule has 1 fully saturated rings. The van der Waals surface area contributed by atoms with Gasteiger partial charge in [-0.25, -0.2) is 0 Å². The van der Waals surface area contributed by atoms with Gasteiger partial charge in [0.25, 0.3) is 0 Å². The van der Waals surface area contributed by atoms with Gasteiger partial charge in [0.15, 0.2) is 0 Å². The van der Waals surface area contributed by atoms with Crippen molar-refractivity contribution in [1.82, 2.24) is 4.90 Å². The molecule has 0 aromatic heterocycles. The highest BCUT2D eigenvalue weighted by atomic mass is 15.2. The van der Waals surface area contributed by atoms with Gasteiger partial charge in [0.05, 0.1) is 0 Å². The van der Waals surface area contributed by atoms with Crippen LogP contribution >= 0.6 is 0 Å². The lowest BCUT2D eigenvalue weighted by Gasteiger charge is -2.33. The predicted molar refractivity (Wildman–Crippen MR) is 86.9 cm³/mol. The third kappa shape index (κ3) is 3.83. The summed E-state index contributed by atoms with van der Waals surface area (Å²) in [5.41, 5.74) is 10.3. The summed E-state index contributed by atoms with van der Waals surface area (Å²) in [5, 5.41) is 0. The zero-order valence-electron chi connectivity index (χ0n) is 13.5. The number of benzene rings is 1. The molecule has 1 aromatic rings. The normalized spacial score (nSPS) is 16.9. The van der Waals surface area contributed by atoms with Gasteiger partial charge >= 0.3 is 0 Å². The standard InChI is InChI=1S/C18H30N2/c1-13(2)9-10-20(16-6-7-16)18(12-19)17-8-5-14(3)11-15(17)4/h5,8,11,13,16,18H,6-7,9-10,12,19H2,1-4H3. The van der Waals surface area contributed by atoms with E-state index in [1.165, 1.54) is 42.5 Å². The maximum Gasteiger partial charge on any atom is 0.0476 e. The summed E-state index contributed by atoms with van der Waals surface area (Å²) < 4.78 is 0. The van der Waals surface area contributed by atoms with E-state index in [2.05, 4.69) is 50.8 Å². The molecule has 1 aromatic carbocycles. The molecule has 1 aliphatic rings. The van der Waals surface area contributed by atoms with E-state index >= 15 is 0 Å². The van der Waals surface area contributed by atoms with Crippen molar-refractivity contribution in [3.63, 3.8) is 0 Å². The molecule has 20 heavy (non-hydrogen) atoms. The van der Waals surface area contributed by atoms with E-state index in [1.54, 1.807) is 0 Å². The van der Waals surface area contributed by atoms with Crippen molar-refractivity contribution in [2.45, 2.75) is 59.0 Å². The van der Waals surface area contributed by atoms with Crippen molar-refractivity contribution in [3.8, 4) is 0 Å². The fourth-order valence-electron chi connectivity index (χ4n) is 3.05. The van der Waals surface area contributed by atoms with Crippen LogP contribution in [-0.2, 0) is 0 Å². The summed E-state index contributed by atoms with van der Waals surface area (Å²) in [6.45, 7) is 10.9. The van der Waals surface area contributed by atoms with Crippen LogP contribution in [0, 0.1) is 19.8 Å². The Kier molecular flexibility index (Phi) is 5.22. The molecule has 1 saturated carbocycles. The molecule has 112 valence electrons. The van der Waals surface area contributed by atoms with Crippen LogP contribution in [0.1, 0.15) is 55.8 Å². The van der Waals surface area contributed by atoms with Gasteiger partial charge in [-0.1, -0.05) is 37.6 Å². The monoisotopic (exact) mass is 274 g/mol. The first kappa shape index (κ1) is 15.5. The largest absolute Gasteiger partial charge is 0.329 e. The van der Waals surface area contributed by atoms with Crippen LogP contribution in [0.4, 0.5) is 0 Å². The van der Waals surface area contributed by atoms with Crippen molar-refractivity contribution in [2.24, 2.45) is 11.7 Å². The molecule has 2 N–H and O–H groups in total. The minimum absolute atomic E-state index is 0.391. The molecule has 2 heteroatoms. The minimum Gasteiger partial charge on any atom is -0.329 e. The molecule has 0 heterocycles. The van der Waals surface area contributed by atoms with Crippen molar-refractivity contribution in [2.75, 3.05) is 13.1 Å². The number of aryl methyl sites for hydroxylation is 2. The maximum atomic E-state index is 6.14. The lowest BCUT2D eigenvalue weighted by atomic mass is 9.97. The summed E-state index contributed by atoms with van der Waals surface area (Å²) in [6.07, 6.45) is 3.96. The van der Waals surface area contributed by atoms with Crippen molar-refractivity contribution in [1.29, 1.82) is 0 Å². The highest BCUT2D eigenvalue weighted by Crippen LogP contribution is 2.35. The van der Waals surface area contributed by atoms with Crippen molar-refractivity contribution >= 4 is 0 Å². The fraction of sp³-hybridized carbons (Fsp3) is 0.667. The zero-order valence-corrected chi connectivity index (χ0v) is 13.5. The Balaban J connectivity index is 2.18. The summed E-state index contributed by atoms with van der Waals surface area (Å²) in [4.78, 5) is 2.66. The lowest BCUT2D eigenvalue weighted by molar-refractivity contribution is 0.180. The van der Waals surface area contributed by atoms with Crippen LogP contribution < -0.4 is 5.73 Å². The van der Waals surface area contributed by atoms with Gasteiger partial charge in [-0.3, -0.25) is 4.90 Å². The van der Waals surface area contributed by atoms with Gasteiger partial charge in [0.1, 0.15) is 0 Å². The Morgan fingerprint density at radius 1 is 1.25 bits per heavy atom. The van der Waals surface area contributed by atoms with Crippen LogP contribution in [0.3, 0.4) is 0 Å². The first-order valence-electron chi connectivity index (χ1n) is 8.06. The SMILES string of the molecule is Cc1ccc(C(CN)N(CCC(C)C)C2CC2)c(C)c1. The molecule has 2 nitrogen and oxygen atoms in total. The molecule has 1 unspecified atom stereocenters. The molecule has 0 amide bonds. The molecule has 0 bridgehead atoms. The minimum atomic E-state index is 0.391. The summed E-state index contributed by atoms with van der Waals surface area (Å²) in [6, 6.07) is 7.95. The molecule has 1 atom stereocenters. The third-order valence-corrected chi connectivity index (χ3v) is 4.39. The second-order valence-electron chi connectivity index (χ2n) is 6.76. The Hall–Kier alpha value is -0.860. The molecule has 0 radical (unpaired) electrons. The smallest absolute Gasteiger partial charge is 0.0476 e. The predicted octanol–water partition coefficient (Wildman–Crippen LogP) is 3.81. The highest BCUT2D eigenvalue weighted by molar-refractivity contribution is 5.33. The van der Waals surface area contributed by atoms with Crippen molar-refractivity contribution in [3.05, 3.63) is 34.9 Å². The quantitative estimate of drug-likeness (QED) is 0.819. The van der Waals surface area contributed by atoms with Gasteiger partial charge in [-0.15, -0.1) is 0 Å². The Morgan fingerprint density at radius 2 is 1.95 bits per heavy atom. The first-order valence-corrected chi connectivity index (χ1v) is 8.06. The summed E-state index contributed by atoms with van der Waals surface area (Å²) >= 11 is 0. The second kappa shape index (κ2) is 6.73. The average molecular weight is 274 g/mol. The number of nitrogens with zero attached hydrogens (tertiary/aromatic N) is 1. The number of nitrogens with two attached hydrogens (primary N) is 1. The van der Waals surface area contributed by atoms with Gasteiger partial charge in [0, 0.05) is 18.6 Å². The molecular formula is C18H30N2. The van der Waals surface area contributed by atoms with E-state index in [0.717, 1.165) is 18.5 Å². The van der Waals surface area contributed by atoms with Crippen LogP contribution in [0.2, 0.25) is 0 Å². The van der Waals surface area contributed by atoms with Crippen LogP contribution in [-0.4, -0.2) is 24.0 Å². The maximum absolute atomic E-state index is 6.14. The Labute approximate surface area is 124 Å². The molecule has 0 aliphatic heterocycles. The number of hydrogen-bond acceptors (Lipinski definition) is 2. The third-order valence-electron chi connectivity index (χ3n) is 4.39. The highest BCUT2D eigenvalue weighted by Gasteiger charge is 2.34. The van der Waals surface area contributed by atoms with Crippen molar-refractivity contribution < 1.29 is 0 Å². The number of hydrogen-bond donors (Lipinski definition) is 1. The Morgan fingerprint density at radius 3 is 2.45 bits per heavy atom. The van der Waals surface area contributed by atoms with Gasteiger partial charge in [-0.2, -0.15) is 0 Å². The number of rotatable bonds is 7. The molecule has 0 spiro atoms. The summed E-state index contributed by atoms with van der Waals surface area (Å²) in [5.74, 6) is 0.758. The second-order valence-corrected chi connectivity index (χ2v) is 6.76. The fourth-order valence-corrected chi connectivity index (χ4v) is 3.05. The lowest BCUT2D eigenvalue weighted by Crippen LogP contribution is -2.37.